The van der Waals surface area contributed by atoms with Crippen molar-refractivity contribution in [3.63, 3.8) is 0 Å². The molecule has 0 spiro atoms. The average Bonchev–Trinajstić information content (AvgIpc) is 2.20. The number of rotatable bonds is 2. The Kier molecular flexibility index (Phi) is 4.02. The van der Waals surface area contributed by atoms with Crippen LogP contribution in [0.15, 0.2) is 18.2 Å². The lowest BCUT2D eigenvalue weighted by Crippen LogP contribution is -2.03. The predicted molar refractivity (Wildman–Crippen MR) is 60.0 cm³/mol. The number of anilines is 1. The minimum absolute atomic E-state index is 0.0765. The van der Waals surface area contributed by atoms with E-state index in [0.29, 0.717) is 17.9 Å². The Balaban J connectivity index is 3.06. The first-order valence-electron chi connectivity index (χ1n) is 4.33. The molecule has 3 nitrogen and oxygen atoms in total. The zero-order valence-corrected chi connectivity index (χ0v) is 8.71. The molecule has 0 aromatic heterocycles. The summed E-state index contributed by atoms with van der Waals surface area (Å²) in [5, 5.41) is 8.81. The van der Waals surface area contributed by atoms with Gasteiger partial charge in [-0.25, -0.2) is 4.79 Å². The molecule has 0 atom stereocenters. The summed E-state index contributed by atoms with van der Waals surface area (Å²) in [6, 6.07) is 4.75. The molecule has 0 aliphatic carbocycles. The van der Waals surface area contributed by atoms with E-state index in [1.807, 2.05) is 0 Å². The number of nitrogens with two attached hydrogens (primary N) is 1. The van der Waals surface area contributed by atoms with Crippen molar-refractivity contribution in [3.8, 4) is 11.8 Å². The van der Waals surface area contributed by atoms with Crippen LogP contribution in [0.25, 0.3) is 0 Å². The van der Waals surface area contributed by atoms with Crippen LogP contribution in [0.4, 0.5) is 5.69 Å². The first-order chi connectivity index (χ1) is 7.16. The molecule has 0 heterocycles. The van der Waals surface area contributed by atoms with Crippen LogP contribution in [0.5, 0.6) is 0 Å². The van der Waals surface area contributed by atoms with Crippen LogP contribution < -0.4 is 5.73 Å². The average molecular weight is 224 g/mol. The van der Waals surface area contributed by atoms with Crippen molar-refractivity contribution in [2.45, 2.75) is 6.42 Å². The highest BCUT2D eigenvalue weighted by molar-refractivity contribution is 6.18. The third-order valence-corrected chi connectivity index (χ3v) is 1.97. The van der Waals surface area contributed by atoms with Gasteiger partial charge in [-0.3, -0.25) is 0 Å². The maximum absolute atomic E-state index is 10.8. The smallest absolute Gasteiger partial charge is 0.337 e. The fourth-order valence-corrected chi connectivity index (χ4v) is 1.16. The Hall–Kier alpha value is -1.66. The number of benzene rings is 1. The van der Waals surface area contributed by atoms with Crippen molar-refractivity contribution < 1.29 is 9.90 Å². The van der Waals surface area contributed by atoms with Crippen molar-refractivity contribution in [2.24, 2.45) is 0 Å². The second-order valence-corrected chi connectivity index (χ2v) is 3.19. The standard InChI is InChI=1S/C11H10ClNO2/c12-7-2-1-4-8-5-3-6-9(10(8)13)11(14)15/h3,5-6H,2,7,13H2,(H,14,15). The fraction of sp³-hybridized carbons (Fsp3) is 0.182. The van der Waals surface area contributed by atoms with Crippen molar-refractivity contribution >= 4 is 23.3 Å². The molecule has 4 heteroatoms. The molecule has 0 saturated carbocycles. The van der Waals surface area contributed by atoms with Gasteiger partial charge in [-0.15, -0.1) is 11.6 Å². The number of carboxylic acid groups (broad SMARTS) is 1. The van der Waals surface area contributed by atoms with Crippen LogP contribution in [0.1, 0.15) is 22.3 Å². The maximum Gasteiger partial charge on any atom is 0.337 e. The van der Waals surface area contributed by atoms with Crippen LogP contribution in [0, 0.1) is 11.8 Å². The first kappa shape index (κ1) is 11.4. The highest BCUT2D eigenvalue weighted by Crippen LogP contribution is 2.16. The molecule has 0 amide bonds. The van der Waals surface area contributed by atoms with E-state index >= 15 is 0 Å². The minimum Gasteiger partial charge on any atom is -0.478 e. The highest BCUT2D eigenvalue weighted by atomic mass is 35.5. The zero-order chi connectivity index (χ0) is 11.3. The topological polar surface area (TPSA) is 63.3 Å². The van der Waals surface area contributed by atoms with Gasteiger partial charge in [-0.2, -0.15) is 0 Å². The van der Waals surface area contributed by atoms with Gasteiger partial charge in [0.2, 0.25) is 0 Å². The molecule has 1 aromatic rings. The third-order valence-electron chi connectivity index (χ3n) is 1.78. The van der Waals surface area contributed by atoms with Crippen molar-refractivity contribution in [1.29, 1.82) is 0 Å². The second-order valence-electron chi connectivity index (χ2n) is 2.81. The molecular formula is C11H10ClNO2. The van der Waals surface area contributed by atoms with Gasteiger partial charge >= 0.3 is 5.97 Å². The molecule has 0 saturated heterocycles. The lowest BCUT2D eigenvalue weighted by atomic mass is 10.1. The summed E-state index contributed by atoms with van der Waals surface area (Å²) < 4.78 is 0. The minimum atomic E-state index is -1.05. The van der Waals surface area contributed by atoms with E-state index in [0.717, 1.165) is 0 Å². The van der Waals surface area contributed by atoms with Crippen LogP contribution in [-0.2, 0) is 0 Å². The molecule has 1 aromatic carbocycles. The number of halogens is 1. The molecule has 15 heavy (non-hydrogen) atoms. The summed E-state index contributed by atoms with van der Waals surface area (Å²) in [5.41, 5.74) is 6.46. The number of carboxylic acids is 1. The summed E-state index contributed by atoms with van der Waals surface area (Å²) in [6.45, 7) is 0. The number of hydrogen-bond donors (Lipinski definition) is 2. The molecular weight excluding hydrogens is 214 g/mol. The maximum atomic E-state index is 10.8. The lowest BCUT2D eigenvalue weighted by Gasteiger charge is -2.01. The number of aromatic carboxylic acids is 1. The van der Waals surface area contributed by atoms with Crippen LogP contribution in [0.3, 0.4) is 0 Å². The SMILES string of the molecule is Nc1c(C#CCCCl)cccc1C(=O)O. The van der Waals surface area contributed by atoms with E-state index < -0.39 is 5.97 Å². The van der Waals surface area contributed by atoms with Gasteiger partial charge in [0.25, 0.3) is 0 Å². The molecule has 0 radical (unpaired) electrons. The monoisotopic (exact) mass is 223 g/mol. The molecule has 0 aliphatic rings. The van der Waals surface area contributed by atoms with Gasteiger partial charge in [0.05, 0.1) is 11.3 Å². The molecule has 0 bridgehead atoms. The second kappa shape index (κ2) is 5.28. The molecule has 0 aliphatic heterocycles. The number of nitrogen functional groups attached to an aromatic ring is 1. The third kappa shape index (κ3) is 2.90. The normalized spacial score (nSPS) is 9.13. The lowest BCUT2D eigenvalue weighted by molar-refractivity contribution is 0.0698. The van der Waals surface area contributed by atoms with E-state index in [1.54, 1.807) is 12.1 Å². The number of para-hydroxylation sites is 1. The predicted octanol–water partition coefficient (Wildman–Crippen LogP) is 1.95. The first-order valence-corrected chi connectivity index (χ1v) is 4.87. The Morgan fingerprint density at radius 1 is 1.53 bits per heavy atom. The van der Waals surface area contributed by atoms with E-state index in [-0.39, 0.29) is 11.3 Å². The molecule has 78 valence electrons. The Morgan fingerprint density at radius 2 is 2.27 bits per heavy atom. The Bertz CT molecular complexity index is 432. The van der Waals surface area contributed by atoms with Gasteiger partial charge in [0, 0.05) is 17.9 Å². The van der Waals surface area contributed by atoms with Crippen molar-refractivity contribution in [2.75, 3.05) is 11.6 Å². The quantitative estimate of drug-likeness (QED) is 0.458. The Morgan fingerprint density at radius 3 is 2.87 bits per heavy atom. The van der Waals surface area contributed by atoms with Gasteiger partial charge in [0.15, 0.2) is 0 Å². The van der Waals surface area contributed by atoms with Gasteiger partial charge in [-0.05, 0) is 12.1 Å². The molecule has 0 unspecified atom stereocenters. The molecule has 0 fully saturated rings. The van der Waals surface area contributed by atoms with E-state index in [9.17, 15) is 4.79 Å². The number of hydrogen-bond acceptors (Lipinski definition) is 2. The van der Waals surface area contributed by atoms with Gasteiger partial charge in [0.1, 0.15) is 0 Å². The molecule has 1 rings (SSSR count). The number of carbonyl (C=O) groups is 1. The Labute approximate surface area is 92.9 Å². The zero-order valence-electron chi connectivity index (χ0n) is 7.96. The summed E-state index contributed by atoms with van der Waals surface area (Å²) >= 11 is 5.46. The van der Waals surface area contributed by atoms with E-state index in [2.05, 4.69) is 11.8 Å². The molecule has 3 N–H and O–H groups in total. The summed E-state index contributed by atoms with van der Waals surface area (Å²) in [6.07, 6.45) is 0.554. The van der Waals surface area contributed by atoms with Crippen molar-refractivity contribution in [1.82, 2.24) is 0 Å². The fourth-order valence-electron chi connectivity index (χ4n) is 1.07. The van der Waals surface area contributed by atoms with E-state index in [1.165, 1.54) is 6.07 Å². The summed E-state index contributed by atoms with van der Waals surface area (Å²) in [4.78, 5) is 10.8. The largest absolute Gasteiger partial charge is 0.478 e. The van der Waals surface area contributed by atoms with Gasteiger partial charge < -0.3 is 10.8 Å². The summed E-state index contributed by atoms with van der Waals surface area (Å²) in [5.74, 6) is 4.99. The van der Waals surface area contributed by atoms with Crippen LogP contribution in [-0.4, -0.2) is 17.0 Å². The highest BCUT2D eigenvalue weighted by Gasteiger charge is 2.08. The van der Waals surface area contributed by atoms with Crippen molar-refractivity contribution in [3.05, 3.63) is 29.3 Å². The van der Waals surface area contributed by atoms with Crippen LogP contribution in [0.2, 0.25) is 0 Å². The van der Waals surface area contributed by atoms with Gasteiger partial charge in [-0.1, -0.05) is 17.9 Å². The summed E-state index contributed by atoms with van der Waals surface area (Å²) in [7, 11) is 0. The van der Waals surface area contributed by atoms with E-state index in [4.69, 9.17) is 22.4 Å². The van der Waals surface area contributed by atoms with Crippen LogP contribution >= 0.6 is 11.6 Å². The number of alkyl halides is 1.